The molecule has 0 aliphatic rings. The number of aryl methyl sites for hydroxylation is 1. The number of rotatable bonds is 3. The summed E-state index contributed by atoms with van der Waals surface area (Å²) in [4.78, 5) is 0.274. The average Bonchev–Trinajstić information content (AvgIpc) is 2.16. The van der Waals surface area contributed by atoms with Crippen molar-refractivity contribution < 1.29 is 13.2 Å². The monoisotopic (exact) mass is 212 g/mol. The zero-order chi connectivity index (χ0) is 10.6. The molecule has 3 nitrogen and oxygen atoms in total. The molecule has 1 rings (SSSR count). The summed E-state index contributed by atoms with van der Waals surface area (Å²) in [5.41, 5.74) is 1.03. The maximum absolute atomic E-state index is 11.5. The maximum Gasteiger partial charge on any atom is 0.202 e. The molecule has 0 saturated carbocycles. The number of methoxy groups -OCH3 is 1. The van der Waals surface area contributed by atoms with Crippen LogP contribution in [0.15, 0.2) is 40.8 Å². The van der Waals surface area contributed by atoms with Crippen molar-refractivity contribution in [3.05, 3.63) is 41.5 Å². The van der Waals surface area contributed by atoms with Gasteiger partial charge >= 0.3 is 0 Å². The van der Waals surface area contributed by atoms with E-state index < -0.39 is 9.84 Å². The Kier molecular flexibility index (Phi) is 3.30. The van der Waals surface area contributed by atoms with Gasteiger partial charge < -0.3 is 4.74 Å². The predicted molar refractivity (Wildman–Crippen MR) is 54.5 cm³/mol. The third-order valence-electron chi connectivity index (χ3n) is 1.72. The van der Waals surface area contributed by atoms with E-state index in [9.17, 15) is 8.42 Å². The van der Waals surface area contributed by atoms with Crippen LogP contribution in [0.4, 0.5) is 0 Å². The number of sulfone groups is 1. The second-order valence-electron chi connectivity index (χ2n) is 2.87. The van der Waals surface area contributed by atoms with E-state index in [1.165, 1.54) is 7.11 Å². The van der Waals surface area contributed by atoms with Crippen molar-refractivity contribution >= 4 is 9.84 Å². The van der Waals surface area contributed by atoms with Crippen LogP contribution in [0.2, 0.25) is 0 Å². The van der Waals surface area contributed by atoms with Crippen molar-refractivity contribution in [2.75, 3.05) is 7.11 Å². The van der Waals surface area contributed by atoms with Gasteiger partial charge in [-0.2, -0.15) is 0 Å². The van der Waals surface area contributed by atoms with Crippen LogP contribution in [0, 0.1) is 6.92 Å². The molecular weight excluding hydrogens is 200 g/mol. The van der Waals surface area contributed by atoms with Crippen molar-refractivity contribution in [1.82, 2.24) is 0 Å². The molecular formula is C10H12O3S. The van der Waals surface area contributed by atoms with Crippen LogP contribution in [0.5, 0.6) is 0 Å². The van der Waals surface area contributed by atoms with Crippen LogP contribution in [0.25, 0.3) is 0 Å². The molecule has 0 aromatic heterocycles. The molecule has 0 fully saturated rings. The lowest BCUT2D eigenvalue weighted by atomic mass is 10.2. The molecule has 76 valence electrons. The van der Waals surface area contributed by atoms with Gasteiger partial charge in [0.15, 0.2) is 0 Å². The molecule has 0 N–H and O–H groups in total. The quantitative estimate of drug-likeness (QED) is 0.718. The third kappa shape index (κ3) is 2.60. The number of ether oxygens (including phenoxy) is 1. The first kappa shape index (κ1) is 10.8. The molecule has 0 heterocycles. The van der Waals surface area contributed by atoms with Crippen molar-refractivity contribution in [3.8, 4) is 0 Å². The fourth-order valence-corrected chi connectivity index (χ4v) is 1.87. The largest absolute Gasteiger partial charge is 0.504 e. The smallest absolute Gasteiger partial charge is 0.202 e. The minimum atomic E-state index is -3.34. The lowest BCUT2D eigenvalue weighted by Gasteiger charge is -1.98. The maximum atomic E-state index is 11.5. The summed E-state index contributed by atoms with van der Waals surface area (Å²) in [6.07, 6.45) is 1.15. The highest BCUT2D eigenvalue weighted by molar-refractivity contribution is 7.94. The van der Waals surface area contributed by atoms with E-state index in [4.69, 9.17) is 0 Å². The molecule has 0 spiro atoms. The Balaban J connectivity index is 3.05. The molecule has 0 amide bonds. The van der Waals surface area contributed by atoms with E-state index in [-0.39, 0.29) is 4.90 Å². The first-order chi connectivity index (χ1) is 6.56. The Morgan fingerprint density at radius 1 is 1.21 bits per heavy atom. The summed E-state index contributed by atoms with van der Waals surface area (Å²) in [5.74, 6) is 0. The van der Waals surface area contributed by atoms with Crippen LogP contribution >= 0.6 is 0 Å². The number of hydrogen-bond donors (Lipinski definition) is 0. The first-order valence-electron chi connectivity index (χ1n) is 4.07. The normalized spacial score (nSPS) is 11.9. The average molecular weight is 212 g/mol. The summed E-state index contributed by atoms with van der Waals surface area (Å²) in [7, 11) is -1.94. The second kappa shape index (κ2) is 4.28. The molecule has 1 aromatic carbocycles. The van der Waals surface area contributed by atoms with E-state index in [1.807, 2.05) is 6.92 Å². The van der Waals surface area contributed by atoms with Crippen molar-refractivity contribution in [2.24, 2.45) is 0 Å². The van der Waals surface area contributed by atoms with Gasteiger partial charge in [-0.1, -0.05) is 17.7 Å². The Labute approximate surface area is 83.9 Å². The molecule has 0 radical (unpaired) electrons. The lowest BCUT2D eigenvalue weighted by molar-refractivity contribution is 0.338. The third-order valence-corrected chi connectivity index (χ3v) is 3.12. The van der Waals surface area contributed by atoms with Gasteiger partial charge in [-0.15, -0.1) is 0 Å². The van der Waals surface area contributed by atoms with Crippen LogP contribution in [0.1, 0.15) is 5.56 Å². The predicted octanol–water partition coefficient (Wildman–Crippen LogP) is 1.89. The Hall–Kier alpha value is -1.29. The van der Waals surface area contributed by atoms with E-state index in [2.05, 4.69) is 4.74 Å². The fraction of sp³-hybridized carbons (Fsp3) is 0.200. The number of hydrogen-bond acceptors (Lipinski definition) is 3. The molecule has 0 unspecified atom stereocenters. The van der Waals surface area contributed by atoms with E-state index in [0.29, 0.717) is 0 Å². The fourth-order valence-electron chi connectivity index (χ4n) is 0.935. The molecule has 0 saturated heterocycles. The van der Waals surface area contributed by atoms with E-state index in [1.54, 1.807) is 24.3 Å². The zero-order valence-electron chi connectivity index (χ0n) is 8.10. The highest BCUT2D eigenvalue weighted by atomic mass is 32.2. The van der Waals surface area contributed by atoms with Gasteiger partial charge in [0.05, 0.1) is 23.7 Å². The molecule has 14 heavy (non-hydrogen) atoms. The van der Waals surface area contributed by atoms with Crippen LogP contribution in [0.3, 0.4) is 0 Å². The molecule has 0 aliphatic carbocycles. The second-order valence-corrected chi connectivity index (χ2v) is 4.70. The summed E-state index contributed by atoms with van der Waals surface area (Å²) in [6.45, 7) is 1.90. The van der Waals surface area contributed by atoms with Crippen LogP contribution in [-0.4, -0.2) is 15.5 Å². The van der Waals surface area contributed by atoms with E-state index >= 15 is 0 Å². The molecule has 0 aliphatic heterocycles. The van der Waals surface area contributed by atoms with Gasteiger partial charge in [-0.05, 0) is 19.1 Å². The topological polar surface area (TPSA) is 43.4 Å². The van der Waals surface area contributed by atoms with Gasteiger partial charge in [-0.25, -0.2) is 8.42 Å². The summed E-state index contributed by atoms with van der Waals surface area (Å²) in [6, 6.07) is 6.66. The van der Waals surface area contributed by atoms with Crippen molar-refractivity contribution in [1.29, 1.82) is 0 Å². The highest BCUT2D eigenvalue weighted by Crippen LogP contribution is 2.12. The van der Waals surface area contributed by atoms with E-state index in [0.717, 1.165) is 17.2 Å². The van der Waals surface area contributed by atoms with Gasteiger partial charge in [-0.3, -0.25) is 0 Å². The number of benzene rings is 1. The zero-order valence-corrected chi connectivity index (χ0v) is 8.91. The minimum absolute atomic E-state index is 0.274. The van der Waals surface area contributed by atoms with Gasteiger partial charge in [0, 0.05) is 0 Å². The lowest BCUT2D eigenvalue weighted by Crippen LogP contribution is -1.95. The SMILES string of the molecule is CO/C=C\S(=O)(=O)c1ccc(C)cc1. The van der Waals surface area contributed by atoms with Gasteiger partial charge in [0.2, 0.25) is 9.84 Å². The van der Waals surface area contributed by atoms with Crippen LogP contribution in [-0.2, 0) is 14.6 Å². The summed E-state index contributed by atoms with van der Waals surface area (Å²) in [5, 5.41) is 1.04. The standard InChI is InChI=1S/C10H12O3S/c1-9-3-5-10(6-4-9)14(11,12)8-7-13-2/h3-8H,1-2H3/b8-7-. The van der Waals surface area contributed by atoms with Crippen molar-refractivity contribution in [2.45, 2.75) is 11.8 Å². The summed E-state index contributed by atoms with van der Waals surface area (Å²) >= 11 is 0. The molecule has 0 atom stereocenters. The van der Waals surface area contributed by atoms with Gasteiger partial charge in [0.1, 0.15) is 0 Å². The molecule has 1 aromatic rings. The van der Waals surface area contributed by atoms with Gasteiger partial charge in [0.25, 0.3) is 0 Å². The first-order valence-corrected chi connectivity index (χ1v) is 5.62. The highest BCUT2D eigenvalue weighted by Gasteiger charge is 2.08. The Morgan fingerprint density at radius 2 is 1.79 bits per heavy atom. The molecule has 4 heteroatoms. The molecule has 0 bridgehead atoms. The Morgan fingerprint density at radius 3 is 2.29 bits per heavy atom. The minimum Gasteiger partial charge on any atom is -0.504 e. The summed E-state index contributed by atoms with van der Waals surface area (Å²) < 4.78 is 27.6. The Bertz CT molecular complexity index is 415. The van der Waals surface area contributed by atoms with Crippen molar-refractivity contribution in [3.63, 3.8) is 0 Å². The van der Waals surface area contributed by atoms with Crippen LogP contribution < -0.4 is 0 Å².